The Morgan fingerprint density at radius 3 is 1.05 bits per heavy atom. The van der Waals surface area contributed by atoms with E-state index >= 15 is 0 Å². The first-order chi connectivity index (χ1) is 20.9. The fourth-order valence-electron chi connectivity index (χ4n) is 9.06. The molecule has 0 bridgehead atoms. The van der Waals surface area contributed by atoms with E-state index in [-0.39, 0.29) is 0 Å². The quantitative estimate of drug-likeness (QED) is 0.209. The summed E-state index contributed by atoms with van der Waals surface area (Å²) in [5.41, 5.74) is 15.8. The van der Waals surface area contributed by atoms with Crippen LogP contribution in [0.1, 0.15) is 44.5 Å². The first kappa shape index (κ1) is 22.5. The fourth-order valence-corrected chi connectivity index (χ4v) is 9.06. The lowest BCUT2D eigenvalue weighted by Crippen LogP contribution is -2.43. The van der Waals surface area contributed by atoms with Crippen molar-refractivity contribution in [2.75, 3.05) is 0 Å². The summed E-state index contributed by atoms with van der Waals surface area (Å²) < 4.78 is 0. The number of hydrogen-bond acceptors (Lipinski definition) is 0. The van der Waals surface area contributed by atoms with Crippen LogP contribution in [-0.2, 0) is 10.8 Å². The van der Waals surface area contributed by atoms with Gasteiger partial charge in [-0.25, -0.2) is 0 Å². The van der Waals surface area contributed by atoms with Crippen molar-refractivity contribution in [3.63, 3.8) is 0 Å². The molecule has 0 amide bonds. The average Bonchev–Trinajstić information content (AvgIpc) is 3.56. The maximum absolute atomic E-state index is 2.41. The lowest BCUT2D eigenvalue weighted by atomic mass is 9.53. The largest absolute Gasteiger partial charge is 0.0720 e. The molecule has 0 spiro atoms. The topological polar surface area (TPSA) is 0 Å². The van der Waals surface area contributed by atoms with Gasteiger partial charge in [-0.05, 0) is 77.5 Å². The van der Waals surface area contributed by atoms with Gasteiger partial charge in [-0.2, -0.15) is 0 Å². The van der Waals surface area contributed by atoms with Gasteiger partial charge >= 0.3 is 0 Å². The highest BCUT2D eigenvalue weighted by Crippen LogP contribution is 2.71. The van der Waals surface area contributed by atoms with Gasteiger partial charge in [-0.1, -0.05) is 158 Å². The minimum absolute atomic E-state index is 0.418. The molecule has 10 rings (SSSR count). The van der Waals surface area contributed by atoms with Crippen molar-refractivity contribution >= 4 is 10.8 Å². The smallest absolute Gasteiger partial charge is 0.0622 e. The molecule has 0 heteroatoms. The van der Waals surface area contributed by atoms with Gasteiger partial charge in [0.15, 0.2) is 0 Å². The van der Waals surface area contributed by atoms with E-state index in [4.69, 9.17) is 0 Å². The van der Waals surface area contributed by atoms with Gasteiger partial charge in [0, 0.05) is 0 Å². The summed E-state index contributed by atoms with van der Waals surface area (Å²) in [6.07, 6.45) is 0. The number of rotatable bonds is 2. The Hall–Kier alpha value is -5.20. The average molecular weight is 531 g/mol. The number of benzene rings is 7. The normalized spacial score (nSPS) is 20.1. The predicted octanol–water partition coefficient (Wildman–Crippen LogP) is 9.88. The Morgan fingerprint density at radius 2 is 0.619 bits per heavy atom. The third-order valence-electron chi connectivity index (χ3n) is 10.3. The second kappa shape index (κ2) is 7.75. The molecule has 2 atom stereocenters. The van der Waals surface area contributed by atoms with E-state index in [2.05, 4.69) is 158 Å². The SMILES string of the molecule is c1ccc([C@@]23c4ccccc4-c4c2c2c(c5ccccc45)-c4ccccc4[C@]2(c2ccccc2)c2ccccc23)cc1. The molecular formula is C42H26. The van der Waals surface area contributed by atoms with Crippen LogP contribution in [0.5, 0.6) is 0 Å². The van der Waals surface area contributed by atoms with Gasteiger partial charge in [0.25, 0.3) is 0 Å². The van der Waals surface area contributed by atoms with Crippen molar-refractivity contribution in [1.82, 2.24) is 0 Å². The first-order valence-corrected chi connectivity index (χ1v) is 14.9. The molecule has 7 aromatic rings. The molecule has 0 radical (unpaired) electrons. The Balaban J connectivity index is 1.58. The number of hydrogen-bond donors (Lipinski definition) is 0. The Bertz CT molecular complexity index is 2080. The lowest BCUT2D eigenvalue weighted by Gasteiger charge is -2.48. The van der Waals surface area contributed by atoms with Gasteiger partial charge in [-0.15, -0.1) is 0 Å². The highest BCUT2D eigenvalue weighted by molar-refractivity contribution is 6.15. The highest BCUT2D eigenvalue weighted by atomic mass is 14.6. The van der Waals surface area contributed by atoms with Crippen LogP contribution in [-0.4, -0.2) is 0 Å². The van der Waals surface area contributed by atoms with Crippen molar-refractivity contribution < 1.29 is 0 Å². The molecule has 0 nitrogen and oxygen atoms in total. The van der Waals surface area contributed by atoms with Gasteiger partial charge in [-0.3, -0.25) is 0 Å². The molecule has 0 heterocycles. The molecule has 0 saturated heterocycles. The molecule has 3 aliphatic rings. The molecule has 3 aliphatic carbocycles. The third kappa shape index (κ3) is 2.32. The van der Waals surface area contributed by atoms with Crippen LogP contribution < -0.4 is 0 Å². The predicted molar refractivity (Wildman–Crippen MR) is 172 cm³/mol. The van der Waals surface area contributed by atoms with Gasteiger partial charge in [0.1, 0.15) is 0 Å². The van der Waals surface area contributed by atoms with Crippen molar-refractivity contribution in [2.45, 2.75) is 10.8 Å². The number of fused-ring (bicyclic) bond motifs is 12. The summed E-state index contributed by atoms with van der Waals surface area (Å²) in [5.74, 6) is 0. The minimum Gasteiger partial charge on any atom is -0.0622 e. The summed E-state index contributed by atoms with van der Waals surface area (Å²) >= 11 is 0. The van der Waals surface area contributed by atoms with E-state index in [0.717, 1.165) is 0 Å². The summed E-state index contributed by atoms with van der Waals surface area (Å²) in [4.78, 5) is 0. The maximum Gasteiger partial charge on any atom is 0.0720 e. The molecule has 0 fully saturated rings. The molecule has 0 aromatic heterocycles. The van der Waals surface area contributed by atoms with E-state index in [9.17, 15) is 0 Å². The zero-order valence-electron chi connectivity index (χ0n) is 23.0. The zero-order chi connectivity index (χ0) is 27.5. The van der Waals surface area contributed by atoms with Crippen LogP contribution in [0.2, 0.25) is 0 Å². The van der Waals surface area contributed by atoms with Gasteiger partial charge in [0.2, 0.25) is 0 Å². The van der Waals surface area contributed by atoms with E-state index < -0.39 is 10.8 Å². The summed E-state index contributed by atoms with van der Waals surface area (Å²) in [6.45, 7) is 0. The van der Waals surface area contributed by atoms with Crippen molar-refractivity contribution in [1.29, 1.82) is 0 Å². The van der Waals surface area contributed by atoms with Crippen molar-refractivity contribution in [3.8, 4) is 22.3 Å². The summed E-state index contributed by atoms with van der Waals surface area (Å²) in [6, 6.07) is 59.4. The van der Waals surface area contributed by atoms with Crippen LogP contribution >= 0.6 is 0 Å². The zero-order valence-corrected chi connectivity index (χ0v) is 23.0. The summed E-state index contributed by atoms with van der Waals surface area (Å²) in [7, 11) is 0. The van der Waals surface area contributed by atoms with E-state index in [0.29, 0.717) is 0 Å². The fraction of sp³-hybridized carbons (Fsp3) is 0.0476. The van der Waals surface area contributed by atoms with Gasteiger partial charge in [0.05, 0.1) is 10.8 Å². The van der Waals surface area contributed by atoms with Crippen LogP contribution in [0.25, 0.3) is 33.0 Å². The van der Waals surface area contributed by atoms with Crippen molar-refractivity contribution in [2.24, 2.45) is 0 Å². The Kier molecular flexibility index (Phi) is 4.15. The molecular weight excluding hydrogens is 504 g/mol. The lowest BCUT2D eigenvalue weighted by molar-refractivity contribution is 0.639. The van der Waals surface area contributed by atoms with Crippen LogP contribution in [0, 0.1) is 0 Å². The van der Waals surface area contributed by atoms with Crippen LogP contribution in [0.3, 0.4) is 0 Å². The standard InChI is InChI=1S/C42H26/c1-3-15-27(16-4-1)41-33-23-11-9-21-31(33)37-29-19-7-8-20-30(29)38-32-22-10-12-24-34(32)42(40(38)39(37)41,28-17-5-2-6-18-28)36-26-14-13-25-35(36)41/h1-26H/t41-,42+. The molecule has 0 N–H and O–H groups in total. The monoisotopic (exact) mass is 530 g/mol. The maximum atomic E-state index is 2.41. The van der Waals surface area contributed by atoms with Crippen LogP contribution in [0.15, 0.2) is 158 Å². The van der Waals surface area contributed by atoms with E-state index in [1.54, 1.807) is 0 Å². The second-order valence-electron chi connectivity index (χ2n) is 11.9. The highest BCUT2D eigenvalue weighted by Gasteiger charge is 2.61. The molecule has 0 saturated carbocycles. The van der Waals surface area contributed by atoms with Gasteiger partial charge < -0.3 is 0 Å². The summed E-state index contributed by atoms with van der Waals surface area (Å²) in [5, 5.41) is 2.68. The minimum atomic E-state index is -0.418. The molecule has 42 heavy (non-hydrogen) atoms. The van der Waals surface area contributed by atoms with E-state index in [1.807, 2.05) is 0 Å². The Labute approximate surface area is 245 Å². The molecule has 0 aliphatic heterocycles. The second-order valence-corrected chi connectivity index (χ2v) is 11.9. The Morgan fingerprint density at radius 1 is 0.286 bits per heavy atom. The molecule has 194 valence electrons. The van der Waals surface area contributed by atoms with E-state index in [1.165, 1.54) is 77.5 Å². The first-order valence-electron chi connectivity index (χ1n) is 14.9. The van der Waals surface area contributed by atoms with Crippen molar-refractivity contribution in [3.05, 3.63) is 202 Å². The third-order valence-corrected chi connectivity index (χ3v) is 10.3. The molecule has 7 aromatic carbocycles. The van der Waals surface area contributed by atoms with Crippen LogP contribution in [0.4, 0.5) is 0 Å². The molecule has 0 unspecified atom stereocenters.